The third-order valence-corrected chi connectivity index (χ3v) is 3.40. The standard InChI is InChI=1S/C18H13F3N4O/c19-18(20,21)13-8-4-5-9-14(13)24-17-22-11-10-15(25-17)16(26)23-12-6-2-1-3-7-12/h1-11H,(H,23,26)(H,22,24,25). The van der Waals surface area contributed by atoms with Gasteiger partial charge in [0, 0.05) is 11.9 Å². The first-order valence-electron chi connectivity index (χ1n) is 7.56. The molecule has 0 fully saturated rings. The van der Waals surface area contributed by atoms with Gasteiger partial charge in [-0.15, -0.1) is 0 Å². The van der Waals surface area contributed by atoms with Gasteiger partial charge in [0.15, 0.2) is 0 Å². The van der Waals surface area contributed by atoms with Gasteiger partial charge in [0.2, 0.25) is 5.95 Å². The van der Waals surface area contributed by atoms with Gasteiger partial charge in [-0.1, -0.05) is 30.3 Å². The lowest BCUT2D eigenvalue weighted by molar-refractivity contribution is -0.136. The predicted molar refractivity (Wildman–Crippen MR) is 91.2 cm³/mol. The average Bonchev–Trinajstić information content (AvgIpc) is 2.62. The van der Waals surface area contributed by atoms with Crippen LogP contribution in [0.3, 0.4) is 0 Å². The number of para-hydroxylation sites is 2. The van der Waals surface area contributed by atoms with Crippen molar-refractivity contribution in [3.05, 3.63) is 78.1 Å². The molecule has 0 atom stereocenters. The van der Waals surface area contributed by atoms with Gasteiger partial charge in [-0.2, -0.15) is 13.2 Å². The predicted octanol–water partition coefficient (Wildman–Crippen LogP) is 4.49. The number of hydrogen-bond donors (Lipinski definition) is 2. The lowest BCUT2D eigenvalue weighted by atomic mass is 10.1. The molecule has 0 saturated carbocycles. The number of hydrogen-bond acceptors (Lipinski definition) is 4. The third kappa shape index (κ3) is 4.15. The Balaban J connectivity index is 1.81. The van der Waals surface area contributed by atoms with Crippen LogP contribution in [-0.2, 0) is 6.18 Å². The molecule has 2 N–H and O–H groups in total. The highest BCUT2D eigenvalue weighted by molar-refractivity contribution is 6.02. The fourth-order valence-electron chi connectivity index (χ4n) is 2.22. The number of rotatable bonds is 4. The third-order valence-electron chi connectivity index (χ3n) is 3.40. The van der Waals surface area contributed by atoms with Gasteiger partial charge in [-0.05, 0) is 30.3 Å². The molecule has 2 aromatic carbocycles. The molecule has 1 aromatic heterocycles. The van der Waals surface area contributed by atoms with Gasteiger partial charge in [0.25, 0.3) is 5.91 Å². The van der Waals surface area contributed by atoms with Crippen molar-refractivity contribution in [2.24, 2.45) is 0 Å². The molecular formula is C18H13F3N4O. The maximum Gasteiger partial charge on any atom is 0.418 e. The van der Waals surface area contributed by atoms with E-state index in [1.807, 2.05) is 0 Å². The van der Waals surface area contributed by atoms with E-state index in [4.69, 9.17) is 0 Å². The topological polar surface area (TPSA) is 66.9 Å². The van der Waals surface area contributed by atoms with Crippen LogP contribution in [0.5, 0.6) is 0 Å². The van der Waals surface area contributed by atoms with Gasteiger partial charge < -0.3 is 10.6 Å². The van der Waals surface area contributed by atoms with Crippen LogP contribution < -0.4 is 10.6 Å². The van der Waals surface area contributed by atoms with Crippen LogP contribution in [-0.4, -0.2) is 15.9 Å². The van der Waals surface area contributed by atoms with Crippen molar-refractivity contribution in [2.75, 3.05) is 10.6 Å². The van der Waals surface area contributed by atoms with E-state index < -0.39 is 17.6 Å². The molecular weight excluding hydrogens is 345 g/mol. The molecule has 0 aliphatic carbocycles. The summed E-state index contributed by atoms with van der Waals surface area (Å²) < 4.78 is 39.2. The normalized spacial score (nSPS) is 11.0. The zero-order valence-corrected chi connectivity index (χ0v) is 13.3. The van der Waals surface area contributed by atoms with Crippen molar-refractivity contribution in [2.45, 2.75) is 6.18 Å². The molecule has 0 spiro atoms. The molecule has 132 valence electrons. The van der Waals surface area contributed by atoms with E-state index in [1.54, 1.807) is 30.3 Å². The van der Waals surface area contributed by atoms with Gasteiger partial charge >= 0.3 is 6.18 Å². The summed E-state index contributed by atoms with van der Waals surface area (Å²) in [5, 5.41) is 5.16. The lowest BCUT2D eigenvalue weighted by Crippen LogP contribution is -2.15. The van der Waals surface area contributed by atoms with E-state index in [0.717, 1.165) is 6.07 Å². The summed E-state index contributed by atoms with van der Waals surface area (Å²) in [6.45, 7) is 0. The molecule has 0 radical (unpaired) electrons. The maximum atomic E-state index is 13.1. The minimum absolute atomic E-state index is 0.0239. The van der Waals surface area contributed by atoms with Crippen molar-refractivity contribution in [3.8, 4) is 0 Å². The molecule has 26 heavy (non-hydrogen) atoms. The second-order valence-corrected chi connectivity index (χ2v) is 5.25. The van der Waals surface area contributed by atoms with Crippen LogP contribution in [0, 0.1) is 0 Å². The van der Waals surface area contributed by atoms with Crippen molar-refractivity contribution in [3.63, 3.8) is 0 Å². The van der Waals surface area contributed by atoms with Crippen molar-refractivity contribution >= 4 is 23.2 Å². The van der Waals surface area contributed by atoms with Crippen molar-refractivity contribution in [1.82, 2.24) is 9.97 Å². The number of alkyl halides is 3. The minimum atomic E-state index is -4.52. The number of nitrogens with one attached hydrogen (secondary N) is 2. The Kier molecular flexibility index (Phi) is 4.83. The Morgan fingerprint density at radius 2 is 1.62 bits per heavy atom. The van der Waals surface area contributed by atoms with Crippen LogP contribution in [0.2, 0.25) is 0 Å². The monoisotopic (exact) mass is 358 g/mol. The van der Waals surface area contributed by atoms with E-state index in [0.29, 0.717) is 5.69 Å². The van der Waals surface area contributed by atoms with Crippen LogP contribution in [0.1, 0.15) is 16.1 Å². The number of aromatic nitrogens is 2. The van der Waals surface area contributed by atoms with E-state index in [1.165, 1.54) is 30.5 Å². The molecule has 3 rings (SSSR count). The lowest BCUT2D eigenvalue weighted by Gasteiger charge is -2.13. The molecule has 0 bridgehead atoms. The van der Waals surface area contributed by atoms with Gasteiger partial charge in [-0.3, -0.25) is 4.79 Å². The van der Waals surface area contributed by atoms with Crippen molar-refractivity contribution < 1.29 is 18.0 Å². The Morgan fingerprint density at radius 3 is 2.35 bits per heavy atom. The van der Waals surface area contributed by atoms with E-state index in [2.05, 4.69) is 20.6 Å². The van der Waals surface area contributed by atoms with Gasteiger partial charge in [0.1, 0.15) is 5.69 Å². The molecule has 0 aliphatic heterocycles. The van der Waals surface area contributed by atoms with Gasteiger partial charge in [-0.25, -0.2) is 9.97 Å². The quantitative estimate of drug-likeness (QED) is 0.721. The average molecular weight is 358 g/mol. The molecule has 3 aromatic rings. The van der Waals surface area contributed by atoms with E-state index in [9.17, 15) is 18.0 Å². The second kappa shape index (κ2) is 7.22. The van der Waals surface area contributed by atoms with Gasteiger partial charge in [0.05, 0.1) is 11.3 Å². The summed E-state index contributed by atoms with van der Waals surface area (Å²) in [5.41, 5.74) is -0.438. The van der Waals surface area contributed by atoms with Crippen molar-refractivity contribution in [1.29, 1.82) is 0 Å². The number of carbonyl (C=O) groups is 1. The molecule has 0 unspecified atom stereocenters. The summed E-state index contributed by atoms with van der Waals surface area (Å²) in [7, 11) is 0. The molecule has 1 amide bonds. The van der Waals surface area contributed by atoms with E-state index in [-0.39, 0.29) is 17.3 Å². The first kappa shape index (κ1) is 17.4. The highest BCUT2D eigenvalue weighted by Crippen LogP contribution is 2.35. The number of nitrogens with zero attached hydrogens (tertiary/aromatic N) is 2. The Bertz CT molecular complexity index is 914. The highest BCUT2D eigenvalue weighted by atomic mass is 19.4. The minimum Gasteiger partial charge on any atom is -0.324 e. The Labute approximate surface area is 146 Å². The second-order valence-electron chi connectivity index (χ2n) is 5.25. The first-order valence-corrected chi connectivity index (χ1v) is 7.56. The number of anilines is 3. The number of benzene rings is 2. The molecule has 1 heterocycles. The van der Waals surface area contributed by atoms with Crippen LogP contribution in [0.4, 0.5) is 30.5 Å². The number of amides is 1. The number of carbonyl (C=O) groups excluding carboxylic acids is 1. The fraction of sp³-hybridized carbons (Fsp3) is 0.0556. The first-order chi connectivity index (χ1) is 12.4. The summed E-state index contributed by atoms with van der Waals surface area (Å²) in [5.74, 6) is -0.604. The summed E-state index contributed by atoms with van der Waals surface area (Å²) >= 11 is 0. The molecule has 8 heteroatoms. The van der Waals surface area contributed by atoms with Crippen LogP contribution >= 0.6 is 0 Å². The summed E-state index contributed by atoms with van der Waals surface area (Å²) in [6, 6.07) is 15.1. The Morgan fingerprint density at radius 1 is 0.923 bits per heavy atom. The summed E-state index contributed by atoms with van der Waals surface area (Å²) in [6.07, 6.45) is -3.22. The maximum absolute atomic E-state index is 13.1. The van der Waals surface area contributed by atoms with Crippen LogP contribution in [0.25, 0.3) is 0 Å². The SMILES string of the molecule is O=C(Nc1ccccc1)c1ccnc(Nc2ccccc2C(F)(F)F)n1. The molecule has 0 saturated heterocycles. The van der Waals surface area contributed by atoms with E-state index >= 15 is 0 Å². The smallest absolute Gasteiger partial charge is 0.324 e. The summed E-state index contributed by atoms with van der Waals surface area (Å²) in [4.78, 5) is 20.1. The molecule has 5 nitrogen and oxygen atoms in total. The highest BCUT2D eigenvalue weighted by Gasteiger charge is 2.33. The fourth-order valence-corrected chi connectivity index (χ4v) is 2.22. The zero-order chi connectivity index (χ0) is 18.6. The largest absolute Gasteiger partial charge is 0.418 e. The molecule has 0 aliphatic rings. The van der Waals surface area contributed by atoms with Crippen LogP contribution in [0.15, 0.2) is 66.9 Å². The zero-order valence-electron chi connectivity index (χ0n) is 13.3. The number of halogens is 3. The Hall–Kier alpha value is -3.42.